The van der Waals surface area contributed by atoms with E-state index >= 15 is 0 Å². The first kappa shape index (κ1) is 12.3. The zero-order valence-electron chi connectivity index (χ0n) is 10.4. The number of rotatable bonds is 4. The van der Waals surface area contributed by atoms with Crippen LogP contribution in [0.3, 0.4) is 0 Å². The van der Waals surface area contributed by atoms with E-state index in [9.17, 15) is 4.79 Å². The van der Waals surface area contributed by atoms with Crippen LogP contribution >= 0.6 is 0 Å². The predicted molar refractivity (Wildman–Crippen MR) is 74.8 cm³/mol. The van der Waals surface area contributed by atoms with E-state index in [1.807, 2.05) is 54.6 Å². The van der Waals surface area contributed by atoms with Gasteiger partial charge in [-0.1, -0.05) is 73.7 Å². The molecule has 0 bridgehead atoms. The molecular formula is C17H16O. The molecule has 1 atom stereocenters. The highest BCUT2D eigenvalue weighted by Crippen LogP contribution is 2.16. The molecule has 0 aromatic heterocycles. The first-order chi connectivity index (χ1) is 8.77. The van der Waals surface area contributed by atoms with Crippen molar-refractivity contribution >= 4 is 5.78 Å². The van der Waals surface area contributed by atoms with Crippen molar-refractivity contribution in [2.45, 2.75) is 12.8 Å². The van der Waals surface area contributed by atoms with Crippen molar-refractivity contribution in [2.24, 2.45) is 0 Å². The van der Waals surface area contributed by atoms with Crippen LogP contribution in [0.1, 0.15) is 28.8 Å². The van der Waals surface area contributed by atoms with Gasteiger partial charge in [0.15, 0.2) is 5.78 Å². The van der Waals surface area contributed by atoms with Crippen molar-refractivity contribution in [3.63, 3.8) is 0 Å². The van der Waals surface area contributed by atoms with Crippen LogP contribution in [-0.2, 0) is 0 Å². The number of allylic oxidation sites excluding steroid dienone is 2. The molecule has 1 nitrogen and oxygen atoms in total. The van der Waals surface area contributed by atoms with Crippen LogP contribution in [-0.4, -0.2) is 5.78 Å². The Hall–Kier alpha value is -2.15. The lowest BCUT2D eigenvalue weighted by Crippen LogP contribution is -1.95. The van der Waals surface area contributed by atoms with Gasteiger partial charge in [-0.15, -0.1) is 0 Å². The molecule has 2 aromatic carbocycles. The molecule has 1 heteroatoms. The Morgan fingerprint density at radius 3 is 2.11 bits per heavy atom. The maximum absolute atomic E-state index is 11.9. The maximum atomic E-state index is 11.9. The highest BCUT2D eigenvalue weighted by Gasteiger charge is 2.03. The van der Waals surface area contributed by atoms with Gasteiger partial charge in [0.25, 0.3) is 0 Å². The molecule has 18 heavy (non-hydrogen) atoms. The molecule has 1 unspecified atom stereocenters. The summed E-state index contributed by atoms with van der Waals surface area (Å²) in [4.78, 5) is 11.9. The molecule has 0 heterocycles. The van der Waals surface area contributed by atoms with Crippen LogP contribution < -0.4 is 0 Å². The Kier molecular flexibility index (Phi) is 4.08. The number of benzene rings is 2. The van der Waals surface area contributed by atoms with Gasteiger partial charge in [0.1, 0.15) is 0 Å². The largest absolute Gasteiger partial charge is 0.289 e. The third kappa shape index (κ3) is 3.17. The Balaban J connectivity index is 2.06. The quantitative estimate of drug-likeness (QED) is 0.573. The van der Waals surface area contributed by atoms with Crippen molar-refractivity contribution in [1.82, 2.24) is 0 Å². The molecule has 0 N–H and O–H groups in total. The van der Waals surface area contributed by atoms with Crippen molar-refractivity contribution in [2.75, 3.05) is 0 Å². The van der Waals surface area contributed by atoms with Gasteiger partial charge < -0.3 is 0 Å². The van der Waals surface area contributed by atoms with E-state index in [4.69, 9.17) is 0 Å². The summed E-state index contributed by atoms with van der Waals surface area (Å²) in [7, 11) is 0. The van der Waals surface area contributed by atoms with E-state index in [-0.39, 0.29) is 11.7 Å². The zero-order chi connectivity index (χ0) is 12.8. The minimum atomic E-state index is 0.0541. The van der Waals surface area contributed by atoms with E-state index in [1.165, 1.54) is 5.56 Å². The van der Waals surface area contributed by atoms with E-state index in [0.717, 1.165) is 5.56 Å². The van der Waals surface area contributed by atoms with Crippen molar-refractivity contribution in [3.8, 4) is 0 Å². The molecule has 0 saturated carbocycles. The first-order valence-corrected chi connectivity index (χ1v) is 6.10. The summed E-state index contributed by atoms with van der Waals surface area (Å²) in [6.45, 7) is 2.09. The van der Waals surface area contributed by atoms with Gasteiger partial charge in [-0.3, -0.25) is 4.79 Å². The third-order valence-electron chi connectivity index (χ3n) is 2.92. The number of hydrogen-bond donors (Lipinski definition) is 0. The summed E-state index contributed by atoms with van der Waals surface area (Å²) in [6, 6.07) is 19.5. The highest BCUT2D eigenvalue weighted by molar-refractivity contribution is 6.04. The Morgan fingerprint density at radius 1 is 0.944 bits per heavy atom. The Morgan fingerprint density at radius 2 is 1.50 bits per heavy atom. The minimum Gasteiger partial charge on any atom is -0.289 e. The lowest BCUT2D eigenvalue weighted by molar-refractivity contribution is 0.104. The maximum Gasteiger partial charge on any atom is 0.185 e. The Bertz CT molecular complexity index is 526. The smallest absolute Gasteiger partial charge is 0.185 e. The molecule has 2 aromatic rings. The van der Waals surface area contributed by atoms with Gasteiger partial charge in [0, 0.05) is 5.56 Å². The normalized spacial score (nSPS) is 12.5. The fourth-order valence-corrected chi connectivity index (χ4v) is 1.80. The highest BCUT2D eigenvalue weighted by atomic mass is 16.1. The lowest BCUT2D eigenvalue weighted by Gasteiger charge is -2.05. The second kappa shape index (κ2) is 5.97. The van der Waals surface area contributed by atoms with Crippen molar-refractivity contribution in [1.29, 1.82) is 0 Å². The predicted octanol–water partition coefficient (Wildman–Crippen LogP) is 4.23. The zero-order valence-corrected chi connectivity index (χ0v) is 10.4. The minimum absolute atomic E-state index is 0.0541. The van der Waals surface area contributed by atoms with Crippen LogP contribution in [0.2, 0.25) is 0 Å². The monoisotopic (exact) mass is 236 g/mol. The molecule has 0 aliphatic heterocycles. The van der Waals surface area contributed by atoms with Gasteiger partial charge in [-0.25, -0.2) is 0 Å². The molecule has 0 saturated heterocycles. The topological polar surface area (TPSA) is 17.1 Å². The van der Waals surface area contributed by atoms with Gasteiger partial charge in [0.2, 0.25) is 0 Å². The number of carbonyl (C=O) groups excluding carboxylic acids is 1. The van der Waals surface area contributed by atoms with E-state index in [2.05, 4.69) is 19.1 Å². The third-order valence-corrected chi connectivity index (χ3v) is 2.92. The average molecular weight is 236 g/mol. The molecule has 2 rings (SSSR count). The van der Waals surface area contributed by atoms with Gasteiger partial charge in [-0.05, 0) is 17.6 Å². The van der Waals surface area contributed by atoms with Gasteiger partial charge in [0.05, 0.1) is 0 Å². The lowest BCUT2D eigenvalue weighted by atomic mass is 10.00. The second-order valence-corrected chi connectivity index (χ2v) is 4.29. The average Bonchev–Trinajstić information content (AvgIpc) is 2.46. The summed E-state index contributed by atoms with van der Waals surface area (Å²) < 4.78 is 0. The van der Waals surface area contributed by atoms with E-state index in [1.54, 1.807) is 6.08 Å². The van der Waals surface area contributed by atoms with Gasteiger partial charge in [-0.2, -0.15) is 0 Å². The summed E-state index contributed by atoms with van der Waals surface area (Å²) in [5, 5.41) is 0. The molecule has 0 amide bonds. The second-order valence-electron chi connectivity index (χ2n) is 4.29. The van der Waals surface area contributed by atoms with Gasteiger partial charge >= 0.3 is 0 Å². The van der Waals surface area contributed by atoms with Crippen molar-refractivity contribution < 1.29 is 4.79 Å². The van der Waals surface area contributed by atoms with Crippen LogP contribution in [0.25, 0.3) is 0 Å². The fraction of sp³-hybridized carbons (Fsp3) is 0.118. The van der Waals surface area contributed by atoms with Crippen molar-refractivity contribution in [3.05, 3.63) is 83.9 Å². The summed E-state index contributed by atoms with van der Waals surface area (Å²) in [6.07, 6.45) is 3.61. The number of ketones is 1. The number of hydrogen-bond acceptors (Lipinski definition) is 1. The summed E-state index contributed by atoms with van der Waals surface area (Å²) in [5.41, 5.74) is 1.95. The van der Waals surface area contributed by atoms with Crippen LogP contribution in [0, 0.1) is 0 Å². The molecule has 0 radical (unpaired) electrons. The summed E-state index contributed by atoms with van der Waals surface area (Å²) >= 11 is 0. The molecule has 0 spiro atoms. The molecule has 90 valence electrons. The van der Waals surface area contributed by atoms with Crippen LogP contribution in [0.4, 0.5) is 0 Å². The van der Waals surface area contributed by atoms with E-state index < -0.39 is 0 Å². The van der Waals surface area contributed by atoms with Crippen LogP contribution in [0.15, 0.2) is 72.8 Å². The van der Waals surface area contributed by atoms with E-state index in [0.29, 0.717) is 0 Å². The molecule has 0 fully saturated rings. The Labute approximate surface area is 108 Å². The first-order valence-electron chi connectivity index (χ1n) is 6.10. The van der Waals surface area contributed by atoms with Crippen LogP contribution in [0.5, 0.6) is 0 Å². The fourth-order valence-electron chi connectivity index (χ4n) is 1.80. The standard InChI is InChI=1S/C17H16O/c1-14(15-8-4-2-5-9-15)12-13-17(18)16-10-6-3-7-11-16/h2-14H,1H3. The molecular weight excluding hydrogens is 220 g/mol. The molecule has 0 aliphatic carbocycles. The molecule has 0 aliphatic rings. The number of carbonyl (C=O) groups is 1. The summed E-state index contributed by atoms with van der Waals surface area (Å²) in [5.74, 6) is 0.303. The SMILES string of the molecule is CC(C=CC(=O)c1ccccc1)c1ccccc1.